The minimum Gasteiger partial charge on any atom is -0.465 e. The van der Waals surface area contributed by atoms with E-state index in [1.54, 1.807) is 42.5 Å². The van der Waals surface area contributed by atoms with Crippen molar-refractivity contribution in [3.05, 3.63) is 58.1 Å². The highest BCUT2D eigenvalue weighted by Crippen LogP contribution is 2.25. The number of methoxy groups -OCH3 is 1. The van der Waals surface area contributed by atoms with E-state index in [9.17, 15) is 9.59 Å². The molecule has 2 rings (SSSR count). The predicted molar refractivity (Wildman–Crippen MR) is 91.4 cm³/mol. The van der Waals surface area contributed by atoms with Gasteiger partial charge in [0.15, 0.2) is 0 Å². The van der Waals surface area contributed by atoms with Crippen LogP contribution in [0.15, 0.2) is 42.5 Å². The molecular weight excluding hydrogens is 339 g/mol. The van der Waals surface area contributed by atoms with Crippen LogP contribution in [-0.4, -0.2) is 25.5 Å². The monoisotopic (exact) mass is 352 g/mol. The summed E-state index contributed by atoms with van der Waals surface area (Å²) in [5.74, 6) is -0.684. The van der Waals surface area contributed by atoms with Crippen molar-refractivity contribution in [2.24, 2.45) is 0 Å². The first-order valence-electron chi connectivity index (χ1n) is 6.67. The third-order valence-electron chi connectivity index (χ3n) is 2.96. The summed E-state index contributed by atoms with van der Waals surface area (Å²) in [5, 5.41) is 6.50. The number of carbonyl (C=O) groups is 2. The minimum atomic E-state index is -0.412. The molecular formula is C16H14Cl2N2O3. The van der Waals surface area contributed by atoms with E-state index in [0.29, 0.717) is 27.0 Å². The lowest BCUT2D eigenvalue weighted by molar-refractivity contribution is -0.114. The van der Waals surface area contributed by atoms with Crippen molar-refractivity contribution in [1.82, 2.24) is 0 Å². The van der Waals surface area contributed by atoms with Gasteiger partial charge < -0.3 is 15.4 Å². The normalized spacial score (nSPS) is 10.0. The maximum absolute atomic E-state index is 11.9. The van der Waals surface area contributed by atoms with Crippen molar-refractivity contribution in [3.63, 3.8) is 0 Å². The Labute approximate surface area is 143 Å². The largest absolute Gasteiger partial charge is 0.465 e. The van der Waals surface area contributed by atoms with Gasteiger partial charge in [-0.3, -0.25) is 4.79 Å². The Kier molecular flexibility index (Phi) is 5.84. The van der Waals surface area contributed by atoms with Gasteiger partial charge in [0, 0.05) is 10.7 Å². The molecule has 0 saturated carbocycles. The Bertz CT molecular complexity index is 718. The van der Waals surface area contributed by atoms with Gasteiger partial charge in [-0.1, -0.05) is 23.2 Å². The molecule has 0 unspecified atom stereocenters. The molecule has 0 atom stereocenters. The number of halogens is 2. The first kappa shape index (κ1) is 17.1. The van der Waals surface area contributed by atoms with Crippen molar-refractivity contribution in [1.29, 1.82) is 0 Å². The van der Waals surface area contributed by atoms with Gasteiger partial charge in [0.25, 0.3) is 0 Å². The maximum Gasteiger partial charge on any atom is 0.337 e. The Balaban J connectivity index is 1.91. The highest BCUT2D eigenvalue weighted by atomic mass is 35.5. The van der Waals surface area contributed by atoms with Gasteiger partial charge in [-0.25, -0.2) is 4.79 Å². The van der Waals surface area contributed by atoms with E-state index in [1.807, 2.05) is 0 Å². The SMILES string of the molecule is COC(=O)c1ccc(NCC(=O)Nc2cc(Cl)ccc2Cl)cc1. The standard InChI is InChI=1S/C16H14Cl2N2O3/c1-23-16(22)10-2-5-12(6-3-10)19-9-15(21)20-14-8-11(17)4-7-13(14)18/h2-8,19H,9H2,1H3,(H,20,21). The summed E-state index contributed by atoms with van der Waals surface area (Å²) in [6.07, 6.45) is 0. The van der Waals surface area contributed by atoms with Crippen molar-refractivity contribution < 1.29 is 14.3 Å². The molecule has 1 amide bonds. The Hall–Kier alpha value is -2.24. The Morgan fingerprint density at radius 1 is 1.09 bits per heavy atom. The smallest absolute Gasteiger partial charge is 0.337 e. The van der Waals surface area contributed by atoms with Gasteiger partial charge in [-0.2, -0.15) is 0 Å². The summed E-state index contributed by atoms with van der Waals surface area (Å²) < 4.78 is 4.61. The number of nitrogens with one attached hydrogen (secondary N) is 2. The Morgan fingerprint density at radius 2 is 1.78 bits per heavy atom. The van der Waals surface area contributed by atoms with Crippen LogP contribution in [0.1, 0.15) is 10.4 Å². The van der Waals surface area contributed by atoms with E-state index < -0.39 is 5.97 Å². The first-order valence-corrected chi connectivity index (χ1v) is 7.42. The quantitative estimate of drug-likeness (QED) is 0.802. The second kappa shape index (κ2) is 7.85. The average molecular weight is 353 g/mol. The number of rotatable bonds is 5. The molecule has 0 saturated heterocycles. The molecule has 2 aromatic carbocycles. The molecule has 0 aliphatic rings. The lowest BCUT2D eigenvalue weighted by Gasteiger charge is -2.09. The predicted octanol–water partition coefficient (Wildman–Crippen LogP) is 3.83. The average Bonchev–Trinajstić information content (AvgIpc) is 2.56. The lowest BCUT2D eigenvalue weighted by Crippen LogP contribution is -2.21. The molecule has 0 bridgehead atoms. The van der Waals surface area contributed by atoms with Crippen molar-refractivity contribution in [2.75, 3.05) is 24.3 Å². The fraction of sp³-hybridized carbons (Fsp3) is 0.125. The molecule has 0 heterocycles. The zero-order chi connectivity index (χ0) is 16.8. The number of hydrogen-bond donors (Lipinski definition) is 2. The molecule has 0 fully saturated rings. The number of esters is 1. The fourth-order valence-corrected chi connectivity index (χ4v) is 2.15. The number of carbonyl (C=O) groups excluding carboxylic acids is 2. The zero-order valence-corrected chi connectivity index (χ0v) is 13.7. The van der Waals surface area contributed by atoms with Gasteiger partial charge >= 0.3 is 5.97 Å². The molecule has 23 heavy (non-hydrogen) atoms. The summed E-state index contributed by atoms with van der Waals surface area (Å²) in [7, 11) is 1.32. The van der Waals surface area contributed by atoms with E-state index >= 15 is 0 Å². The number of ether oxygens (including phenoxy) is 1. The van der Waals surface area contributed by atoms with Gasteiger partial charge in [0.05, 0.1) is 29.9 Å². The van der Waals surface area contributed by atoms with Crippen molar-refractivity contribution >= 4 is 46.5 Å². The summed E-state index contributed by atoms with van der Waals surface area (Å²) in [6, 6.07) is 11.4. The van der Waals surface area contributed by atoms with Crippen LogP contribution in [0.4, 0.5) is 11.4 Å². The van der Waals surface area contributed by atoms with Crippen LogP contribution < -0.4 is 10.6 Å². The highest BCUT2D eigenvalue weighted by molar-refractivity contribution is 6.35. The van der Waals surface area contributed by atoms with Crippen LogP contribution in [0.5, 0.6) is 0 Å². The number of benzene rings is 2. The second-order valence-electron chi connectivity index (χ2n) is 4.59. The summed E-state index contributed by atoms with van der Waals surface area (Å²) in [4.78, 5) is 23.2. The molecule has 2 aromatic rings. The lowest BCUT2D eigenvalue weighted by atomic mass is 10.2. The minimum absolute atomic E-state index is 0.0421. The van der Waals surface area contributed by atoms with Crippen molar-refractivity contribution in [2.45, 2.75) is 0 Å². The summed E-state index contributed by atoms with van der Waals surface area (Å²) >= 11 is 11.8. The van der Waals surface area contributed by atoms with Gasteiger partial charge in [0.1, 0.15) is 0 Å². The third kappa shape index (κ3) is 4.87. The molecule has 0 aliphatic carbocycles. The highest BCUT2D eigenvalue weighted by Gasteiger charge is 2.08. The summed E-state index contributed by atoms with van der Waals surface area (Å²) in [5.41, 5.74) is 1.59. The zero-order valence-electron chi connectivity index (χ0n) is 12.2. The van der Waals surface area contributed by atoms with Crippen LogP contribution >= 0.6 is 23.2 Å². The number of amides is 1. The van der Waals surface area contributed by atoms with Gasteiger partial charge in [0.2, 0.25) is 5.91 Å². The van der Waals surface area contributed by atoms with Crippen LogP contribution in [-0.2, 0) is 9.53 Å². The van der Waals surface area contributed by atoms with E-state index in [0.717, 1.165) is 0 Å². The maximum atomic E-state index is 11.9. The molecule has 2 N–H and O–H groups in total. The number of hydrogen-bond acceptors (Lipinski definition) is 4. The van der Waals surface area contributed by atoms with E-state index in [4.69, 9.17) is 23.2 Å². The van der Waals surface area contributed by atoms with Gasteiger partial charge in [-0.15, -0.1) is 0 Å². The first-order chi connectivity index (χ1) is 11.0. The van der Waals surface area contributed by atoms with Crippen LogP contribution in [0, 0.1) is 0 Å². The topological polar surface area (TPSA) is 67.4 Å². The number of anilines is 2. The molecule has 0 radical (unpaired) electrons. The third-order valence-corrected chi connectivity index (χ3v) is 3.53. The van der Waals surface area contributed by atoms with Crippen LogP contribution in [0.2, 0.25) is 10.0 Å². The Morgan fingerprint density at radius 3 is 2.43 bits per heavy atom. The summed E-state index contributed by atoms with van der Waals surface area (Å²) in [6.45, 7) is 0.0421. The molecule has 120 valence electrons. The second-order valence-corrected chi connectivity index (χ2v) is 5.44. The molecule has 5 nitrogen and oxygen atoms in total. The van der Waals surface area contributed by atoms with Crippen LogP contribution in [0.3, 0.4) is 0 Å². The van der Waals surface area contributed by atoms with Gasteiger partial charge in [-0.05, 0) is 42.5 Å². The van der Waals surface area contributed by atoms with E-state index in [-0.39, 0.29) is 12.5 Å². The molecule has 7 heteroatoms. The van der Waals surface area contributed by atoms with E-state index in [2.05, 4.69) is 15.4 Å². The van der Waals surface area contributed by atoms with Crippen LogP contribution in [0.25, 0.3) is 0 Å². The molecule has 0 aromatic heterocycles. The fourth-order valence-electron chi connectivity index (χ4n) is 1.81. The molecule has 0 spiro atoms. The molecule has 0 aliphatic heterocycles. The van der Waals surface area contributed by atoms with E-state index in [1.165, 1.54) is 7.11 Å². The van der Waals surface area contributed by atoms with Crippen molar-refractivity contribution in [3.8, 4) is 0 Å².